The van der Waals surface area contributed by atoms with Gasteiger partial charge in [-0.1, -0.05) is 35.9 Å². The standard InChI is InChI=1S/C19H19NO4S/c1-13-8-10-15(11-9-13)25(23,24)12-19(3)16-6-4-5-7-17(16)20(14(2)21)18(19)22/h4-11H,12H2,1-3H3. The zero-order valence-electron chi connectivity index (χ0n) is 14.3. The molecule has 3 rings (SSSR count). The molecule has 0 radical (unpaired) electrons. The highest BCUT2D eigenvalue weighted by Crippen LogP contribution is 2.43. The van der Waals surface area contributed by atoms with E-state index in [9.17, 15) is 18.0 Å². The van der Waals surface area contributed by atoms with E-state index in [-0.39, 0.29) is 10.6 Å². The smallest absolute Gasteiger partial charge is 0.245 e. The summed E-state index contributed by atoms with van der Waals surface area (Å²) in [6, 6.07) is 13.4. The van der Waals surface area contributed by atoms with Crippen LogP contribution >= 0.6 is 0 Å². The van der Waals surface area contributed by atoms with E-state index in [4.69, 9.17) is 0 Å². The van der Waals surface area contributed by atoms with Crippen LogP contribution in [0.15, 0.2) is 53.4 Å². The first-order chi connectivity index (χ1) is 11.7. The van der Waals surface area contributed by atoms with Crippen LogP contribution in [0, 0.1) is 6.92 Å². The fourth-order valence-corrected chi connectivity index (χ4v) is 5.02. The number of hydrogen-bond donors (Lipinski definition) is 0. The number of nitrogens with zero attached hydrogens (tertiary/aromatic N) is 1. The fourth-order valence-electron chi connectivity index (χ4n) is 3.27. The molecule has 0 N–H and O–H groups in total. The Morgan fingerprint density at radius 1 is 1.08 bits per heavy atom. The van der Waals surface area contributed by atoms with Crippen LogP contribution in [-0.4, -0.2) is 26.0 Å². The number of imide groups is 1. The van der Waals surface area contributed by atoms with Gasteiger partial charge in [-0.15, -0.1) is 0 Å². The molecule has 0 aliphatic carbocycles. The predicted molar refractivity (Wildman–Crippen MR) is 95.2 cm³/mol. The number of carbonyl (C=O) groups is 2. The minimum atomic E-state index is -3.70. The Balaban J connectivity index is 2.08. The highest BCUT2D eigenvalue weighted by Gasteiger charge is 2.51. The molecule has 25 heavy (non-hydrogen) atoms. The number of rotatable bonds is 3. The molecular weight excluding hydrogens is 338 g/mol. The molecule has 5 nitrogen and oxygen atoms in total. The van der Waals surface area contributed by atoms with Crippen molar-refractivity contribution in [1.82, 2.24) is 0 Å². The van der Waals surface area contributed by atoms with E-state index in [0.717, 1.165) is 10.5 Å². The highest BCUT2D eigenvalue weighted by molar-refractivity contribution is 7.91. The van der Waals surface area contributed by atoms with Crippen molar-refractivity contribution in [3.8, 4) is 0 Å². The first-order valence-corrected chi connectivity index (χ1v) is 9.56. The topological polar surface area (TPSA) is 71.5 Å². The molecule has 1 atom stereocenters. The third-order valence-corrected chi connectivity index (χ3v) is 6.54. The number of amides is 2. The SMILES string of the molecule is CC(=O)N1C(=O)C(C)(CS(=O)(=O)c2ccc(C)cc2)c2ccccc21. The van der Waals surface area contributed by atoms with Crippen LogP contribution in [-0.2, 0) is 24.8 Å². The first-order valence-electron chi connectivity index (χ1n) is 7.91. The molecule has 1 aliphatic heterocycles. The van der Waals surface area contributed by atoms with Gasteiger partial charge in [0.2, 0.25) is 11.8 Å². The van der Waals surface area contributed by atoms with E-state index < -0.39 is 27.1 Å². The number of fused-ring (bicyclic) bond motifs is 1. The van der Waals surface area contributed by atoms with Crippen LogP contribution in [0.1, 0.15) is 25.0 Å². The molecule has 0 spiro atoms. The van der Waals surface area contributed by atoms with Crippen molar-refractivity contribution in [2.45, 2.75) is 31.1 Å². The maximum absolute atomic E-state index is 12.9. The average Bonchev–Trinajstić information content (AvgIpc) is 2.75. The zero-order valence-corrected chi connectivity index (χ0v) is 15.1. The Hall–Kier alpha value is -2.47. The number of carbonyl (C=O) groups excluding carboxylic acids is 2. The third kappa shape index (κ3) is 2.76. The Labute approximate surface area is 147 Å². The van der Waals surface area contributed by atoms with Gasteiger partial charge in [0.1, 0.15) is 0 Å². The monoisotopic (exact) mass is 357 g/mol. The van der Waals surface area contributed by atoms with Gasteiger partial charge in [0.15, 0.2) is 9.84 Å². The Morgan fingerprint density at radius 2 is 1.68 bits per heavy atom. The molecule has 2 aromatic carbocycles. The van der Waals surface area contributed by atoms with Crippen LogP contribution in [0.3, 0.4) is 0 Å². The number of benzene rings is 2. The van der Waals surface area contributed by atoms with Crippen molar-refractivity contribution >= 4 is 27.3 Å². The molecule has 1 aliphatic rings. The van der Waals surface area contributed by atoms with E-state index in [1.807, 2.05) is 6.92 Å². The molecule has 0 saturated carbocycles. The molecule has 2 aromatic rings. The number of aryl methyl sites for hydroxylation is 1. The summed E-state index contributed by atoms with van der Waals surface area (Å²) in [6.07, 6.45) is 0. The summed E-state index contributed by atoms with van der Waals surface area (Å²) < 4.78 is 25.8. The summed E-state index contributed by atoms with van der Waals surface area (Å²) in [4.78, 5) is 26.1. The van der Waals surface area contributed by atoms with Gasteiger partial charge in [-0.25, -0.2) is 13.3 Å². The van der Waals surface area contributed by atoms with Crippen molar-refractivity contribution in [2.24, 2.45) is 0 Å². The van der Waals surface area contributed by atoms with Crippen LogP contribution < -0.4 is 4.90 Å². The number of sulfone groups is 1. The largest absolute Gasteiger partial charge is 0.274 e. The minimum Gasteiger partial charge on any atom is -0.274 e. The minimum absolute atomic E-state index is 0.172. The summed E-state index contributed by atoms with van der Waals surface area (Å²) in [6.45, 7) is 4.76. The summed E-state index contributed by atoms with van der Waals surface area (Å²) in [5.41, 5.74) is 0.675. The lowest BCUT2D eigenvalue weighted by molar-refractivity contribution is -0.127. The Morgan fingerprint density at radius 3 is 2.28 bits per heavy atom. The van der Waals surface area contributed by atoms with Crippen LogP contribution in [0.4, 0.5) is 5.69 Å². The maximum Gasteiger partial charge on any atom is 0.245 e. The van der Waals surface area contributed by atoms with Gasteiger partial charge in [0.05, 0.1) is 21.8 Å². The highest BCUT2D eigenvalue weighted by atomic mass is 32.2. The molecule has 0 aromatic heterocycles. The molecule has 0 bridgehead atoms. The molecule has 130 valence electrons. The number of anilines is 1. The Kier molecular flexibility index (Phi) is 4.03. The first kappa shape index (κ1) is 17.4. The van der Waals surface area contributed by atoms with E-state index in [1.165, 1.54) is 6.92 Å². The summed E-state index contributed by atoms with van der Waals surface area (Å²) in [5.74, 6) is -1.31. The second kappa shape index (κ2) is 5.81. The molecule has 2 amide bonds. The van der Waals surface area contributed by atoms with Crippen molar-refractivity contribution in [2.75, 3.05) is 10.7 Å². The van der Waals surface area contributed by atoms with E-state index in [2.05, 4.69) is 0 Å². The van der Waals surface area contributed by atoms with E-state index in [0.29, 0.717) is 11.3 Å². The van der Waals surface area contributed by atoms with Crippen LogP contribution in [0.5, 0.6) is 0 Å². The second-order valence-electron chi connectivity index (χ2n) is 6.58. The lowest BCUT2D eigenvalue weighted by Gasteiger charge is -2.23. The maximum atomic E-state index is 12.9. The summed E-state index contributed by atoms with van der Waals surface area (Å²) >= 11 is 0. The lowest BCUT2D eigenvalue weighted by atomic mass is 9.86. The van der Waals surface area contributed by atoms with Gasteiger partial charge in [0.25, 0.3) is 0 Å². The number of para-hydroxylation sites is 1. The number of hydrogen-bond acceptors (Lipinski definition) is 4. The third-order valence-electron chi connectivity index (χ3n) is 4.59. The van der Waals surface area contributed by atoms with Gasteiger partial charge in [-0.2, -0.15) is 0 Å². The predicted octanol–water partition coefficient (Wildman–Crippen LogP) is 2.62. The average molecular weight is 357 g/mol. The molecule has 1 heterocycles. The normalized spacial score (nSPS) is 19.8. The molecule has 1 unspecified atom stereocenters. The lowest BCUT2D eigenvalue weighted by Crippen LogP contribution is -2.44. The zero-order chi connectivity index (χ0) is 18.4. The summed E-state index contributed by atoms with van der Waals surface area (Å²) in [7, 11) is -3.70. The molecule has 6 heteroatoms. The molecule has 0 fully saturated rings. The van der Waals surface area contributed by atoms with Crippen molar-refractivity contribution in [3.63, 3.8) is 0 Å². The van der Waals surface area contributed by atoms with E-state index >= 15 is 0 Å². The van der Waals surface area contributed by atoms with Crippen molar-refractivity contribution in [3.05, 3.63) is 59.7 Å². The van der Waals surface area contributed by atoms with Crippen LogP contribution in [0.25, 0.3) is 0 Å². The molecule has 0 saturated heterocycles. The Bertz CT molecular complexity index is 963. The molecular formula is C19H19NO4S. The quantitative estimate of drug-likeness (QED) is 0.847. The van der Waals surface area contributed by atoms with Gasteiger partial charge in [0, 0.05) is 6.92 Å². The summed E-state index contributed by atoms with van der Waals surface area (Å²) in [5, 5.41) is 0. The van der Waals surface area contributed by atoms with Crippen molar-refractivity contribution in [1.29, 1.82) is 0 Å². The van der Waals surface area contributed by atoms with Crippen LogP contribution in [0.2, 0.25) is 0 Å². The van der Waals surface area contributed by atoms with Gasteiger partial charge in [-0.3, -0.25) is 9.59 Å². The second-order valence-corrected chi connectivity index (χ2v) is 8.57. The van der Waals surface area contributed by atoms with Gasteiger partial charge < -0.3 is 0 Å². The van der Waals surface area contributed by atoms with Gasteiger partial charge >= 0.3 is 0 Å². The fraction of sp³-hybridized carbons (Fsp3) is 0.263. The van der Waals surface area contributed by atoms with Crippen molar-refractivity contribution < 1.29 is 18.0 Å². The van der Waals surface area contributed by atoms with E-state index in [1.54, 1.807) is 55.5 Å². The van der Waals surface area contributed by atoms with Gasteiger partial charge in [-0.05, 0) is 37.6 Å².